The van der Waals surface area contributed by atoms with Crippen LogP contribution in [0.3, 0.4) is 0 Å². The Bertz CT molecular complexity index is 1440. The molecule has 0 bridgehead atoms. The Morgan fingerprint density at radius 3 is 2.33 bits per heavy atom. The minimum atomic E-state index is -4.65. The number of benzene rings is 1. The van der Waals surface area contributed by atoms with Crippen LogP contribution in [0.1, 0.15) is 69.9 Å². The Morgan fingerprint density at radius 1 is 1.07 bits per heavy atom. The molecule has 2 N–H and O–H groups in total. The highest BCUT2D eigenvalue weighted by atomic mass is 32.2. The first-order chi connectivity index (χ1) is 19.7. The van der Waals surface area contributed by atoms with Crippen LogP contribution in [0.25, 0.3) is 0 Å². The second-order valence-corrected chi connectivity index (χ2v) is 15.5. The van der Waals surface area contributed by atoms with Gasteiger partial charge in [-0.1, -0.05) is 0 Å². The highest BCUT2D eigenvalue weighted by molar-refractivity contribution is 7.92. The Balaban J connectivity index is 1.16. The summed E-state index contributed by atoms with van der Waals surface area (Å²) in [6.07, 6.45) is 1.28. The number of alkyl halides is 3. The zero-order valence-electron chi connectivity index (χ0n) is 24.4. The molecule has 0 radical (unpaired) electrons. The van der Waals surface area contributed by atoms with Crippen molar-refractivity contribution in [2.45, 2.75) is 94.2 Å². The Hall–Kier alpha value is -2.44. The summed E-state index contributed by atoms with van der Waals surface area (Å²) >= 11 is 0. The van der Waals surface area contributed by atoms with E-state index in [1.165, 1.54) is 4.90 Å². The van der Waals surface area contributed by atoms with Gasteiger partial charge in [0.15, 0.2) is 9.84 Å². The lowest BCUT2D eigenvalue weighted by molar-refractivity contribution is -0.137. The number of likely N-dealkylation sites (tertiary alicyclic amines) is 1. The lowest BCUT2D eigenvalue weighted by Crippen LogP contribution is -2.52. The van der Waals surface area contributed by atoms with Crippen LogP contribution >= 0.6 is 0 Å². The third kappa shape index (κ3) is 5.38. The Kier molecular flexibility index (Phi) is 7.29. The van der Waals surface area contributed by atoms with Crippen molar-refractivity contribution in [2.24, 2.45) is 10.8 Å². The number of anilines is 3. The predicted molar refractivity (Wildman–Crippen MR) is 155 cm³/mol. The van der Waals surface area contributed by atoms with Gasteiger partial charge in [0.05, 0.1) is 16.2 Å². The molecular weight excluding hydrogens is 567 g/mol. The number of rotatable bonds is 6. The average molecular weight is 608 g/mol. The molecule has 8 nitrogen and oxygen atoms in total. The maximum Gasteiger partial charge on any atom is 0.421 e. The maximum absolute atomic E-state index is 13.9. The van der Waals surface area contributed by atoms with Crippen LogP contribution in [0, 0.1) is 17.8 Å². The minimum Gasteiger partial charge on any atom is -0.391 e. The number of aromatic nitrogens is 2. The second kappa shape index (κ2) is 10.3. The number of nitrogens with one attached hydrogen (secondary N) is 1. The molecule has 12 heteroatoms. The number of piperidine rings is 2. The van der Waals surface area contributed by atoms with Gasteiger partial charge in [-0.2, -0.15) is 18.2 Å². The van der Waals surface area contributed by atoms with Crippen molar-refractivity contribution in [2.75, 3.05) is 36.4 Å². The SMILES string of the molecule is Cc1cc(S(=O)(=O)C2CC3(CCN(C(C)C)CC3)C2)ccc1Nc1ncc(C(F)(F)F)c(N2CCC3(CC3)C(O)C2)n1. The second-order valence-electron chi connectivity index (χ2n) is 13.3. The largest absolute Gasteiger partial charge is 0.421 e. The third-order valence-corrected chi connectivity index (χ3v) is 12.5. The van der Waals surface area contributed by atoms with E-state index in [0.29, 0.717) is 43.1 Å². The number of β-amino-alcohol motifs (C(OH)–C–C–N with tert-alkyl or cyclic N) is 1. The summed E-state index contributed by atoms with van der Waals surface area (Å²) in [4.78, 5) is 12.4. The molecule has 2 aromatic rings. The van der Waals surface area contributed by atoms with Gasteiger partial charge >= 0.3 is 6.18 Å². The fraction of sp³-hybridized carbons (Fsp3) is 0.667. The molecule has 2 saturated carbocycles. The molecule has 4 fully saturated rings. The van der Waals surface area contributed by atoms with Crippen molar-refractivity contribution >= 4 is 27.3 Å². The van der Waals surface area contributed by atoms with E-state index in [0.717, 1.165) is 45.0 Å². The van der Waals surface area contributed by atoms with Gasteiger partial charge in [0.25, 0.3) is 0 Å². The lowest BCUT2D eigenvalue weighted by atomic mass is 9.63. The summed E-state index contributed by atoms with van der Waals surface area (Å²) in [6.45, 7) is 8.63. The van der Waals surface area contributed by atoms with E-state index < -0.39 is 32.9 Å². The van der Waals surface area contributed by atoms with Crippen molar-refractivity contribution in [3.8, 4) is 0 Å². The van der Waals surface area contributed by atoms with E-state index in [1.54, 1.807) is 25.1 Å². The predicted octanol–water partition coefficient (Wildman–Crippen LogP) is 5.33. The normalized spacial score (nSPS) is 24.3. The minimum absolute atomic E-state index is 0.0217. The van der Waals surface area contributed by atoms with E-state index in [-0.39, 0.29) is 34.0 Å². The Morgan fingerprint density at radius 2 is 1.76 bits per heavy atom. The van der Waals surface area contributed by atoms with Crippen molar-refractivity contribution < 1.29 is 26.7 Å². The molecule has 1 aromatic heterocycles. The third-order valence-electron chi connectivity index (χ3n) is 10.4. The van der Waals surface area contributed by atoms with Crippen molar-refractivity contribution in [3.63, 3.8) is 0 Å². The van der Waals surface area contributed by atoms with E-state index in [1.807, 2.05) is 0 Å². The van der Waals surface area contributed by atoms with Gasteiger partial charge in [0, 0.05) is 31.0 Å². The highest BCUT2D eigenvalue weighted by Gasteiger charge is 2.53. The topological polar surface area (TPSA) is 98.7 Å². The molecule has 230 valence electrons. The number of hydrogen-bond acceptors (Lipinski definition) is 8. The smallest absolute Gasteiger partial charge is 0.391 e. The number of aliphatic hydroxyl groups excluding tert-OH is 1. The summed E-state index contributed by atoms with van der Waals surface area (Å²) in [5.74, 6) is -0.281. The molecule has 1 atom stereocenters. The first-order valence-corrected chi connectivity index (χ1v) is 16.5. The molecule has 2 aliphatic carbocycles. The molecular formula is C30H40F3N5O3S. The van der Waals surface area contributed by atoms with Crippen LogP contribution < -0.4 is 10.2 Å². The fourth-order valence-corrected chi connectivity index (χ4v) is 9.27. The zero-order valence-corrected chi connectivity index (χ0v) is 25.2. The van der Waals surface area contributed by atoms with E-state index in [9.17, 15) is 26.7 Å². The van der Waals surface area contributed by atoms with E-state index in [4.69, 9.17) is 0 Å². The molecule has 1 unspecified atom stereocenters. The summed E-state index contributed by atoms with van der Waals surface area (Å²) in [6, 6.07) is 5.30. The molecule has 2 saturated heterocycles. The maximum atomic E-state index is 13.9. The van der Waals surface area contributed by atoms with Gasteiger partial charge in [-0.05, 0) is 113 Å². The van der Waals surface area contributed by atoms with Crippen molar-refractivity contribution in [1.82, 2.24) is 14.9 Å². The molecule has 3 heterocycles. The molecule has 2 spiro atoms. The van der Waals surface area contributed by atoms with Gasteiger partial charge in [-0.25, -0.2) is 13.4 Å². The van der Waals surface area contributed by atoms with Crippen LogP contribution in [0.2, 0.25) is 0 Å². The zero-order chi connectivity index (χ0) is 30.1. The summed E-state index contributed by atoms with van der Waals surface area (Å²) < 4.78 is 68.5. The average Bonchev–Trinajstić information content (AvgIpc) is 3.70. The van der Waals surface area contributed by atoms with Crippen LogP contribution in [-0.4, -0.2) is 72.0 Å². The van der Waals surface area contributed by atoms with Gasteiger partial charge < -0.3 is 20.2 Å². The van der Waals surface area contributed by atoms with Gasteiger partial charge in [-0.15, -0.1) is 0 Å². The van der Waals surface area contributed by atoms with Crippen LogP contribution in [-0.2, 0) is 16.0 Å². The van der Waals surface area contributed by atoms with E-state index >= 15 is 0 Å². The quantitative estimate of drug-likeness (QED) is 0.455. The van der Waals surface area contributed by atoms with Gasteiger partial charge in [-0.3, -0.25) is 0 Å². The Labute approximate surface area is 245 Å². The van der Waals surface area contributed by atoms with Crippen LogP contribution in [0.15, 0.2) is 29.3 Å². The van der Waals surface area contributed by atoms with Crippen molar-refractivity contribution in [3.05, 3.63) is 35.5 Å². The molecule has 4 aliphatic rings. The molecule has 42 heavy (non-hydrogen) atoms. The number of nitrogens with zero attached hydrogens (tertiary/aromatic N) is 4. The number of hydrogen-bond donors (Lipinski definition) is 2. The lowest BCUT2D eigenvalue weighted by Gasteiger charge is -2.52. The first kappa shape index (κ1) is 29.6. The monoisotopic (exact) mass is 607 g/mol. The number of aliphatic hydroxyl groups is 1. The number of aryl methyl sites for hydroxylation is 1. The number of halogens is 3. The summed E-state index contributed by atoms with van der Waals surface area (Å²) in [7, 11) is -3.50. The molecule has 6 rings (SSSR count). The first-order valence-electron chi connectivity index (χ1n) is 14.9. The standard InChI is InChI=1S/C30H40F3N5O3S/c1-19(2)37-11-8-28(9-12-37)15-22(16-28)42(40,41)21-4-5-24(20(3)14-21)35-27-34-17-23(30(31,32)33)26(36-27)38-13-10-29(6-7-29)25(39)18-38/h4-5,14,17,19,22,25,39H,6-13,15-16,18H2,1-3H3,(H,34,35,36). The van der Waals surface area contributed by atoms with Crippen LogP contribution in [0.5, 0.6) is 0 Å². The molecule has 1 aromatic carbocycles. The van der Waals surface area contributed by atoms with Crippen LogP contribution in [0.4, 0.5) is 30.6 Å². The fourth-order valence-electron chi connectivity index (χ4n) is 7.14. The van der Waals surface area contributed by atoms with E-state index in [2.05, 4.69) is 34.0 Å². The van der Waals surface area contributed by atoms with Crippen molar-refractivity contribution in [1.29, 1.82) is 0 Å². The molecule has 2 aliphatic heterocycles. The number of sulfone groups is 1. The van der Waals surface area contributed by atoms with Gasteiger partial charge in [0.2, 0.25) is 5.95 Å². The summed E-state index contributed by atoms with van der Waals surface area (Å²) in [5, 5.41) is 13.2. The highest BCUT2D eigenvalue weighted by Crippen LogP contribution is 2.55. The molecule has 0 amide bonds. The summed E-state index contributed by atoms with van der Waals surface area (Å²) in [5.41, 5.74) is 0.165. The van der Waals surface area contributed by atoms with Gasteiger partial charge in [0.1, 0.15) is 11.4 Å².